The summed E-state index contributed by atoms with van der Waals surface area (Å²) in [4.78, 5) is 23.8. The van der Waals surface area contributed by atoms with E-state index in [1.54, 1.807) is 11.0 Å². The van der Waals surface area contributed by atoms with Crippen LogP contribution < -0.4 is 16.0 Å². The SMILES string of the molecule is CNCCC(NC(=O)N1CCc2cnc(NC(C)C)nc2C1)c1ccc(Cl)c(Cl)c1. The van der Waals surface area contributed by atoms with Crippen molar-refractivity contribution in [2.75, 3.05) is 25.5 Å². The highest BCUT2D eigenvalue weighted by atomic mass is 35.5. The van der Waals surface area contributed by atoms with Gasteiger partial charge in [0.25, 0.3) is 0 Å². The van der Waals surface area contributed by atoms with Gasteiger partial charge in [-0.3, -0.25) is 0 Å². The van der Waals surface area contributed by atoms with Gasteiger partial charge in [-0.05, 0) is 63.5 Å². The molecule has 0 radical (unpaired) electrons. The molecule has 9 heteroatoms. The first-order valence-electron chi connectivity index (χ1n) is 10.1. The molecule has 0 saturated carbocycles. The van der Waals surface area contributed by atoms with Crippen molar-refractivity contribution in [3.8, 4) is 0 Å². The van der Waals surface area contributed by atoms with Crippen LogP contribution in [0.15, 0.2) is 24.4 Å². The maximum absolute atomic E-state index is 13.0. The predicted molar refractivity (Wildman–Crippen MR) is 121 cm³/mol. The molecular formula is C21H28Cl2N6O. The van der Waals surface area contributed by atoms with E-state index < -0.39 is 0 Å². The monoisotopic (exact) mass is 450 g/mol. The van der Waals surface area contributed by atoms with Crippen LogP contribution in [0.25, 0.3) is 0 Å². The van der Waals surface area contributed by atoms with Gasteiger partial charge in [0.2, 0.25) is 5.95 Å². The number of aromatic nitrogens is 2. The Hall–Kier alpha value is -2.09. The van der Waals surface area contributed by atoms with E-state index in [0.717, 1.165) is 36.2 Å². The second kappa shape index (κ2) is 10.3. The Morgan fingerprint density at radius 3 is 2.77 bits per heavy atom. The molecule has 2 aromatic rings. The second-order valence-electron chi connectivity index (χ2n) is 7.70. The minimum absolute atomic E-state index is 0.121. The van der Waals surface area contributed by atoms with Gasteiger partial charge >= 0.3 is 6.03 Å². The zero-order valence-electron chi connectivity index (χ0n) is 17.5. The Balaban J connectivity index is 1.72. The molecule has 0 bridgehead atoms. The number of halogens is 2. The number of nitrogens with one attached hydrogen (secondary N) is 3. The third kappa shape index (κ3) is 5.74. The average molecular weight is 451 g/mol. The van der Waals surface area contributed by atoms with E-state index in [2.05, 4.69) is 25.9 Å². The Bertz CT molecular complexity index is 892. The Labute approximate surface area is 187 Å². The normalized spacial score (nSPS) is 14.4. The lowest BCUT2D eigenvalue weighted by atomic mass is 10.0. The molecule has 1 atom stereocenters. The summed E-state index contributed by atoms with van der Waals surface area (Å²) in [6, 6.07) is 5.42. The fourth-order valence-corrected chi connectivity index (χ4v) is 3.69. The summed E-state index contributed by atoms with van der Waals surface area (Å²) in [5.74, 6) is 0.591. The Kier molecular flexibility index (Phi) is 7.75. The molecule has 3 rings (SSSR count). The van der Waals surface area contributed by atoms with Crippen molar-refractivity contribution in [3.63, 3.8) is 0 Å². The van der Waals surface area contributed by atoms with Crippen molar-refractivity contribution in [3.05, 3.63) is 51.3 Å². The van der Waals surface area contributed by atoms with Crippen molar-refractivity contribution in [1.29, 1.82) is 0 Å². The van der Waals surface area contributed by atoms with Gasteiger partial charge in [-0.25, -0.2) is 14.8 Å². The van der Waals surface area contributed by atoms with E-state index >= 15 is 0 Å². The zero-order chi connectivity index (χ0) is 21.7. The van der Waals surface area contributed by atoms with Crippen LogP contribution in [0.3, 0.4) is 0 Å². The van der Waals surface area contributed by atoms with Crippen LogP contribution in [0.5, 0.6) is 0 Å². The molecule has 0 spiro atoms. The molecule has 162 valence electrons. The Morgan fingerprint density at radius 2 is 2.07 bits per heavy atom. The van der Waals surface area contributed by atoms with Gasteiger partial charge in [0.1, 0.15) is 0 Å². The molecule has 1 unspecified atom stereocenters. The highest BCUT2D eigenvalue weighted by Gasteiger charge is 2.25. The number of benzene rings is 1. The summed E-state index contributed by atoms with van der Waals surface area (Å²) < 4.78 is 0. The lowest BCUT2D eigenvalue weighted by Crippen LogP contribution is -2.44. The molecule has 0 aliphatic carbocycles. The van der Waals surface area contributed by atoms with E-state index in [4.69, 9.17) is 23.2 Å². The van der Waals surface area contributed by atoms with Gasteiger partial charge in [-0.15, -0.1) is 0 Å². The van der Waals surface area contributed by atoms with Crippen molar-refractivity contribution >= 4 is 35.2 Å². The largest absolute Gasteiger partial charge is 0.352 e. The van der Waals surface area contributed by atoms with Crippen LogP contribution >= 0.6 is 23.2 Å². The number of carbonyl (C=O) groups is 1. The fraction of sp³-hybridized carbons (Fsp3) is 0.476. The number of hydrogen-bond acceptors (Lipinski definition) is 5. The van der Waals surface area contributed by atoms with Crippen LogP contribution in [0.1, 0.15) is 43.1 Å². The maximum atomic E-state index is 13.0. The Morgan fingerprint density at radius 1 is 1.27 bits per heavy atom. The van der Waals surface area contributed by atoms with E-state index in [1.165, 1.54) is 0 Å². The first kappa shape index (κ1) is 22.6. The smallest absolute Gasteiger partial charge is 0.318 e. The molecular weight excluding hydrogens is 423 g/mol. The standard InChI is InChI=1S/C21H28Cl2N6O/c1-13(2)26-20-25-11-15-7-9-29(12-19(15)27-20)21(30)28-18(6-8-24-3)14-4-5-16(22)17(23)10-14/h4-5,10-11,13,18,24H,6-9,12H2,1-3H3,(H,28,30)(H,25,26,27). The molecule has 0 fully saturated rings. The summed E-state index contributed by atoms with van der Waals surface area (Å²) in [5, 5.41) is 10.5. The maximum Gasteiger partial charge on any atom is 0.318 e. The first-order chi connectivity index (χ1) is 14.4. The minimum atomic E-state index is -0.176. The second-order valence-corrected chi connectivity index (χ2v) is 8.52. The van der Waals surface area contributed by atoms with E-state index in [0.29, 0.717) is 29.1 Å². The third-order valence-electron chi connectivity index (χ3n) is 4.98. The summed E-state index contributed by atoms with van der Waals surface area (Å²) in [7, 11) is 1.89. The highest BCUT2D eigenvalue weighted by molar-refractivity contribution is 6.42. The van der Waals surface area contributed by atoms with Crippen LogP contribution in [0.4, 0.5) is 10.7 Å². The van der Waals surface area contributed by atoms with Gasteiger partial charge < -0.3 is 20.9 Å². The zero-order valence-corrected chi connectivity index (χ0v) is 19.0. The molecule has 7 nitrogen and oxygen atoms in total. The quantitative estimate of drug-likeness (QED) is 0.593. The van der Waals surface area contributed by atoms with Gasteiger partial charge in [0.15, 0.2) is 0 Å². The van der Waals surface area contributed by atoms with Gasteiger partial charge in [-0.2, -0.15) is 0 Å². The van der Waals surface area contributed by atoms with Crippen LogP contribution in [-0.4, -0.2) is 47.1 Å². The lowest BCUT2D eigenvalue weighted by molar-refractivity contribution is 0.186. The summed E-state index contributed by atoms with van der Waals surface area (Å²) in [6.07, 6.45) is 3.32. The number of fused-ring (bicyclic) bond motifs is 1. The molecule has 30 heavy (non-hydrogen) atoms. The number of nitrogens with zero attached hydrogens (tertiary/aromatic N) is 3. The number of anilines is 1. The van der Waals surface area contributed by atoms with Crippen molar-refractivity contribution < 1.29 is 4.79 Å². The number of rotatable bonds is 7. The first-order valence-corrected chi connectivity index (χ1v) is 10.9. The molecule has 1 aliphatic heterocycles. The third-order valence-corrected chi connectivity index (χ3v) is 5.72. The van der Waals surface area contributed by atoms with Crippen molar-refractivity contribution in [2.24, 2.45) is 0 Å². The topological polar surface area (TPSA) is 82.2 Å². The van der Waals surface area contributed by atoms with Crippen LogP contribution in [0.2, 0.25) is 10.0 Å². The number of urea groups is 1. The molecule has 0 saturated heterocycles. The summed E-state index contributed by atoms with van der Waals surface area (Å²) >= 11 is 12.2. The number of amides is 2. The number of hydrogen-bond donors (Lipinski definition) is 3. The van der Waals surface area contributed by atoms with Crippen molar-refractivity contribution in [2.45, 2.75) is 45.3 Å². The van der Waals surface area contributed by atoms with Crippen LogP contribution in [0, 0.1) is 0 Å². The molecule has 2 heterocycles. The molecule has 2 amide bonds. The van der Waals surface area contributed by atoms with Crippen molar-refractivity contribution in [1.82, 2.24) is 25.5 Å². The van der Waals surface area contributed by atoms with Gasteiger partial charge in [0, 0.05) is 18.8 Å². The van der Waals surface area contributed by atoms with Gasteiger partial charge in [0.05, 0.1) is 28.3 Å². The minimum Gasteiger partial charge on any atom is -0.352 e. The van der Waals surface area contributed by atoms with E-state index in [9.17, 15) is 4.79 Å². The summed E-state index contributed by atoms with van der Waals surface area (Å²) in [6.45, 7) is 5.91. The average Bonchev–Trinajstić information content (AvgIpc) is 2.72. The fourth-order valence-electron chi connectivity index (χ4n) is 3.38. The van der Waals surface area contributed by atoms with E-state index in [1.807, 2.05) is 39.2 Å². The number of carbonyl (C=O) groups excluding carboxylic acids is 1. The highest BCUT2D eigenvalue weighted by Crippen LogP contribution is 2.27. The van der Waals surface area contributed by atoms with Crippen LogP contribution in [-0.2, 0) is 13.0 Å². The molecule has 1 aliphatic rings. The van der Waals surface area contributed by atoms with Gasteiger partial charge in [-0.1, -0.05) is 29.3 Å². The molecule has 3 N–H and O–H groups in total. The summed E-state index contributed by atoms with van der Waals surface area (Å²) in [5.41, 5.74) is 2.90. The molecule has 1 aromatic carbocycles. The predicted octanol–water partition coefficient (Wildman–Crippen LogP) is 4.02. The van der Waals surface area contributed by atoms with E-state index in [-0.39, 0.29) is 18.1 Å². The lowest BCUT2D eigenvalue weighted by Gasteiger charge is -2.30. The molecule has 1 aromatic heterocycles.